The normalized spacial score (nSPS) is 9.90. The zero-order valence-corrected chi connectivity index (χ0v) is 12.5. The summed E-state index contributed by atoms with van der Waals surface area (Å²) in [6, 6.07) is 16.0. The van der Waals surface area contributed by atoms with Gasteiger partial charge in [0.05, 0.1) is 11.6 Å². The molecule has 2 aromatic carbocycles. The van der Waals surface area contributed by atoms with E-state index in [1.54, 1.807) is 11.8 Å². The van der Waals surface area contributed by atoms with Crippen LogP contribution in [0.2, 0.25) is 5.02 Å². The molecule has 0 saturated heterocycles. The first-order chi connectivity index (χ1) is 9.79. The Morgan fingerprint density at radius 2 is 1.95 bits per heavy atom. The Kier molecular flexibility index (Phi) is 6.01. The molecule has 20 heavy (non-hydrogen) atoms. The number of halogens is 1. The molecule has 0 aliphatic carbocycles. The molecule has 0 saturated carbocycles. The lowest BCUT2D eigenvalue weighted by molar-refractivity contribution is 0.305. The van der Waals surface area contributed by atoms with Gasteiger partial charge in [-0.3, -0.25) is 0 Å². The number of hydrogen-bond acceptors (Lipinski definition) is 2. The highest BCUT2D eigenvalue weighted by molar-refractivity contribution is 7.98. The highest BCUT2D eigenvalue weighted by Gasteiger charge is 2.01. The van der Waals surface area contributed by atoms with Crippen LogP contribution in [0.1, 0.15) is 17.5 Å². The van der Waals surface area contributed by atoms with Crippen molar-refractivity contribution in [3.63, 3.8) is 0 Å². The van der Waals surface area contributed by atoms with Gasteiger partial charge in [-0.05, 0) is 29.8 Å². The largest absolute Gasteiger partial charge is 0.395 e. The van der Waals surface area contributed by atoms with Crippen molar-refractivity contribution in [2.45, 2.75) is 17.1 Å². The van der Waals surface area contributed by atoms with Crippen molar-refractivity contribution in [1.29, 1.82) is 0 Å². The molecule has 102 valence electrons. The maximum Gasteiger partial charge on any atom is 0.0541 e. The van der Waals surface area contributed by atoms with Crippen molar-refractivity contribution in [2.75, 3.05) is 6.61 Å². The molecule has 0 radical (unpaired) electrons. The molecular weight excluding hydrogens is 288 g/mol. The lowest BCUT2D eigenvalue weighted by atomic mass is 10.1. The number of rotatable bonds is 4. The zero-order chi connectivity index (χ0) is 14.2. The second-order valence-electron chi connectivity index (χ2n) is 4.19. The van der Waals surface area contributed by atoms with Gasteiger partial charge in [-0.15, -0.1) is 11.8 Å². The first kappa shape index (κ1) is 15.0. The third-order valence-corrected chi connectivity index (χ3v) is 4.21. The van der Waals surface area contributed by atoms with Crippen LogP contribution in [0, 0.1) is 11.8 Å². The van der Waals surface area contributed by atoms with Gasteiger partial charge in [-0.1, -0.05) is 47.7 Å². The predicted octanol–water partition coefficient (Wildman–Crippen LogP) is 4.37. The minimum absolute atomic E-state index is 0.106. The average molecular weight is 303 g/mol. The fourth-order valence-electron chi connectivity index (χ4n) is 1.68. The van der Waals surface area contributed by atoms with Crippen molar-refractivity contribution in [2.24, 2.45) is 0 Å². The van der Waals surface area contributed by atoms with Crippen molar-refractivity contribution < 1.29 is 5.11 Å². The number of hydrogen-bond donors (Lipinski definition) is 1. The van der Waals surface area contributed by atoms with E-state index < -0.39 is 0 Å². The van der Waals surface area contributed by atoms with Gasteiger partial charge in [0.1, 0.15) is 0 Å². The van der Waals surface area contributed by atoms with Crippen LogP contribution in [0.3, 0.4) is 0 Å². The van der Waals surface area contributed by atoms with E-state index in [0.717, 1.165) is 21.2 Å². The Balaban J connectivity index is 2.02. The molecule has 1 N–H and O–H groups in total. The maximum atomic E-state index is 8.72. The summed E-state index contributed by atoms with van der Waals surface area (Å²) in [5.41, 5.74) is 2.20. The summed E-state index contributed by atoms with van der Waals surface area (Å²) in [5.74, 6) is 6.84. The van der Waals surface area contributed by atoms with Crippen LogP contribution < -0.4 is 0 Å². The summed E-state index contributed by atoms with van der Waals surface area (Å²) in [7, 11) is 0. The van der Waals surface area contributed by atoms with E-state index in [-0.39, 0.29) is 6.61 Å². The molecule has 0 amide bonds. The van der Waals surface area contributed by atoms with Gasteiger partial charge < -0.3 is 5.11 Å². The smallest absolute Gasteiger partial charge is 0.0541 e. The summed E-state index contributed by atoms with van der Waals surface area (Å²) >= 11 is 7.86. The molecule has 0 aliphatic rings. The Bertz CT molecular complexity index is 628. The highest BCUT2D eigenvalue weighted by Crippen LogP contribution is 2.29. The van der Waals surface area contributed by atoms with Gasteiger partial charge in [-0.25, -0.2) is 0 Å². The molecular formula is C17H15ClOS. The molecule has 0 unspecified atom stereocenters. The molecule has 0 bridgehead atoms. The molecule has 2 aromatic rings. The minimum Gasteiger partial charge on any atom is -0.395 e. The molecule has 2 rings (SSSR count). The fourth-order valence-corrected chi connectivity index (χ4v) is 2.86. The highest BCUT2D eigenvalue weighted by atomic mass is 35.5. The molecule has 0 spiro atoms. The van der Waals surface area contributed by atoms with E-state index >= 15 is 0 Å². The Morgan fingerprint density at radius 3 is 2.75 bits per heavy atom. The first-order valence-electron chi connectivity index (χ1n) is 6.35. The van der Waals surface area contributed by atoms with Gasteiger partial charge >= 0.3 is 0 Å². The molecule has 0 fully saturated rings. The van der Waals surface area contributed by atoms with Crippen LogP contribution >= 0.6 is 23.4 Å². The van der Waals surface area contributed by atoms with Gasteiger partial charge in [0.2, 0.25) is 0 Å². The summed E-state index contributed by atoms with van der Waals surface area (Å²) in [5, 5.41) is 9.51. The van der Waals surface area contributed by atoms with Crippen LogP contribution in [0.15, 0.2) is 53.4 Å². The van der Waals surface area contributed by atoms with Crippen molar-refractivity contribution >= 4 is 23.4 Å². The van der Waals surface area contributed by atoms with Crippen molar-refractivity contribution in [3.05, 3.63) is 64.7 Å². The topological polar surface area (TPSA) is 20.2 Å². The van der Waals surface area contributed by atoms with Gasteiger partial charge in [0.25, 0.3) is 0 Å². The van der Waals surface area contributed by atoms with E-state index in [2.05, 4.69) is 24.0 Å². The summed E-state index contributed by atoms with van der Waals surface area (Å²) < 4.78 is 0. The standard InChI is InChI=1S/C17H15ClOS/c18-16-9-1-2-10-17(16)20-13-15-8-5-7-14(12-15)6-3-4-11-19/h1-2,5,7-10,12,19H,4,11,13H2. The van der Waals surface area contributed by atoms with Gasteiger partial charge in [-0.2, -0.15) is 0 Å². The van der Waals surface area contributed by atoms with Crippen LogP contribution in [0.4, 0.5) is 0 Å². The van der Waals surface area contributed by atoms with E-state index in [4.69, 9.17) is 16.7 Å². The van der Waals surface area contributed by atoms with Crippen molar-refractivity contribution in [1.82, 2.24) is 0 Å². The summed E-state index contributed by atoms with van der Waals surface area (Å²) in [4.78, 5) is 1.09. The fraction of sp³-hybridized carbons (Fsp3) is 0.176. The van der Waals surface area contributed by atoms with E-state index in [9.17, 15) is 0 Å². The summed E-state index contributed by atoms with van der Waals surface area (Å²) in [6.07, 6.45) is 0.513. The molecule has 3 heteroatoms. The predicted molar refractivity (Wildman–Crippen MR) is 86.0 cm³/mol. The monoisotopic (exact) mass is 302 g/mol. The number of aliphatic hydroxyl groups is 1. The molecule has 0 aromatic heterocycles. The van der Waals surface area contributed by atoms with Crippen LogP contribution in [-0.2, 0) is 5.75 Å². The molecule has 0 heterocycles. The molecule has 0 atom stereocenters. The Morgan fingerprint density at radius 1 is 1.10 bits per heavy atom. The van der Waals surface area contributed by atoms with Crippen molar-refractivity contribution in [3.8, 4) is 11.8 Å². The van der Waals surface area contributed by atoms with Gasteiger partial charge in [0, 0.05) is 22.6 Å². The Hall–Kier alpha value is -1.40. The minimum atomic E-state index is 0.106. The van der Waals surface area contributed by atoms with Crippen LogP contribution in [-0.4, -0.2) is 11.7 Å². The summed E-state index contributed by atoms with van der Waals surface area (Å²) in [6.45, 7) is 0.106. The number of aliphatic hydroxyl groups excluding tert-OH is 1. The molecule has 0 aliphatic heterocycles. The van der Waals surface area contributed by atoms with E-state index in [1.165, 1.54) is 5.56 Å². The SMILES string of the molecule is OCCC#Cc1cccc(CSc2ccccc2Cl)c1. The third-order valence-electron chi connectivity index (χ3n) is 2.63. The third kappa shape index (κ3) is 4.61. The van der Waals surface area contributed by atoms with Crippen LogP contribution in [0.25, 0.3) is 0 Å². The van der Waals surface area contributed by atoms with E-state index in [1.807, 2.05) is 36.4 Å². The second kappa shape index (κ2) is 8.01. The quantitative estimate of drug-likeness (QED) is 0.668. The maximum absolute atomic E-state index is 8.72. The lowest BCUT2D eigenvalue weighted by Gasteiger charge is -2.04. The van der Waals surface area contributed by atoms with E-state index in [0.29, 0.717) is 6.42 Å². The number of benzene rings is 2. The van der Waals surface area contributed by atoms with Gasteiger partial charge in [0.15, 0.2) is 0 Å². The zero-order valence-electron chi connectivity index (χ0n) is 11.0. The molecule has 1 nitrogen and oxygen atoms in total. The lowest BCUT2D eigenvalue weighted by Crippen LogP contribution is -1.84. The Labute approximate surface area is 129 Å². The number of thioether (sulfide) groups is 1. The average Bonchev–Trinajstić information content (AvgIpc) is 2.47. The first-order valence-corrected chi connectivity index (χ1v) is 7.72. The second-order valence-corrected chi connectivity index (χ2v) is 5.62. The van der Waals surface area contributed by atoms with Crippen LogP contribution in [0.5, 0.6) is 0 Å².